The van der Waals surface area contributed by atoms with Gasteiger partial charge in [0.1, 0.15) is 5.82 Å². The van der Waals surface area contributed by atoms with Crippen LogP contribution in [0.3, 0.4) is 0 Å². The second-order valence-corrected chi connectivity index (χ2v) is 6.69. The molecule has 1 saturated heterocycles. The Bertz CT molecular complexity index is 731. The normalized spacial score (nSPS) is 20.3. The number of aliphatic hydroxyl groups excluding tert-OH is 1. The third-order valence-corrected chi connectivity index (χ3v) is 4.34. The van der Waals surface area contributed by atoms with Gasteiger partial charge in [-0.3, -0.25) is 9.78 Å². The maximum Gasteiger partial charge on any atom is 0.256 e. The van der Waals surface area contributed by atoms with Gasteiger partial charge in [0.25, 0.3) is 5.91 Å². The molecule has 132 valence electrons. The maximum absolute atomic E-state index is 13.2. The molecular formula is C19H22FN3O2. The second kappa shape index (κ2) is 7.29. The van der Waals surface area contributed by atoms with Gasteiger partial charge >= 0.3 is 0 Å². The van der Waals surface area contributed by atoms with Crippen LogP contribution in [0.5, 0.6) is 0 Å². The van der Waals surface area contributed by atoms with Crippen molar-refractivity contribution in [2.45, 2.75) is 25.1 Å². The fourth-order valence-electron chi connectivity index (χ4n) is 3.17. The van der Waals surface area contributed by atoms with Gasteiger partial charge in [-0.05, 0) is 50.3 Å². The number of β-amino-alcohol motifs (C(OH)–C–C–N with tert-alkyl or cyclic N) is 1. The Morgan fingerprint density at radius 1 is 1.28 bits per heavy atom. The number of pyridine rings is 1. The van der Waals surface area contributed by atoms with Gasteiger partial charge in [0.2, 0.25) is 0 Å². The smallest absolute Gasteiger partial charge is 0.256 e. The molecule has 3 rings (SSSR count). The van der Waals surface area contributed by atoms with E-state index >= 15 is 0 Å². The summed E-state index contributed by atoms with van der Waals surface area (Å²) in [6.07, 6.45) is 1.44. The predicted octanol–water partition coefficient (Wildman–Crippen LogP) is 2.23. The van der Waals surface area contributed by atoms with Gasteiger partial charge in [0.15, 0.2) is 0 Å². The molecule has 1 aliphatic heterocycles. The highest BCUT2D eigenvalue weighted by Crippen LogP contribution is 2.33. The molecule has 0 spiro atoms. The lowest BCUT2D eigenvalue weighted by Crippen LogP contribution is -2.32. The number of benzene rings is 1. The quantitative estimate of drug-likeness (QED) is 0.925. The zero-order valence-corrected chi connectivity index (χ0v) is 14.4. The zero-order valence-electron chi connectivity index (χ0n) is 14.4. The van der Waals surface area contributed by atoms with Crippen LogP contribution in [0.1, 0.15) is 34.1 Å². The Labute approximate surface area is 146 Å². The topological polar surface area (TPSA) is 56.7 Å². The summed E-state index contributed by atoms with van der Waals surface area (Å²) < 4.78 is 13.2. The number of aliphatic hydroxyl groups is 1. The lowest BCUT2D eigenvalue weighted by molar-refractivity contribution is 0.0715. The molecule has 1 amide bonds. The second-order valence-electron chi connectivity index (χ2n) is 6.69. The highest BCUT2D eigenvalue weighted by atomic mass is 19.1. The number of halogens is 1. The van der Waals surface area contributed by atoms with Crippen LogP contribution < -0.4 is 0 Å². The summed E-state index contributed by atoms with van der Waals surface area (Å²) in [5, 5.41) is 10.0. The first-order valence-electron chi connectivity index (χ1n) is 8.28. The number of hydrogen-bond donors (Lipinski definition) is 1. The summed E-state index contributed by atoms with van der Waals surface area (Å²) in [7, 11) is 3.92. The van der Waals surface area contributed by atoms with Crippen molar-refractivity contribution in [2.75, 3.05) is 20.6 Å². The van der Waals surface area contributed by atoms with Crippen LogP contribution in [-0.4, -0.2) is 52.5 Å². The molecule has 6 heteroatoms. The number of likely N-dealkylation sites (tertiary alicyclic amines) is 1. The first-order chi connectivity index (χ1) is 11.9. The van der Waals surface area contributed by atoms with Crippen molar-refractivity contribution in [3.8, 4) is 0 Å². The Morgan fingerprint density at radius 2 is 2.00 bits per heavy atom. The van der Waals surface area contributed by atoms with Crippen molar-refractivity contribution in [1.82, 2.24) is 14.8 Å². The van der Waals surface area contributed by atoms with Crippen LogP contribution in [0.2, 0.25) is 0 Å². The molecule has 0 bridgehead atoms. The zero-order chi connectivity index (χ0) is 18.0. The first kappa shape index (κ1) is 17.5. The molecule has 0 saturated carbocycles. The molecule has 0 radical (unpaired) electrons. The van der Waals surface area contributed by atoms with E-state index in [1.165, 1.54) is 12.1 Å². The van der Waals surface area contributed by atoms with Gasteiger partial charge in [-0.2, -0.15) is 0 Å². The number of nitrogens with zero attached hydrogens (tertiary/aromatic N) is 3. The monoisotopic (exact) mass is 343 g/mol. The minimum atomic E-state index is -0.583. The van der Waals surface area contributed by atoms with E-state index < -0.39 is 6.10 Å². The highest BCUT2D eigenvalue weighted by molar-refractivity contribution is 5.94. The molecule has 2 atom stereocenters. The van der Waals surface area contributed by atoms with Gasteiger partial charge in [0.05, 0.1) is 23.4 Å². The van der Waals surface area contributed by atoms with Crippen molar-refractivity contribution in [1.29, 1.82) is 0 Å². The molecule has 1 N–H and O–H groups in total. The molecule has 0 unspecified atom stereocenters. The molecule has 1 aliphatic rings. The van der Waals surface area contributed by atoms with Crippen molar-refractivity contribution in [2.24, 2.45) is 0 Å². The summed E-state index contributed by atoms with van der Waals surface area (Å²) in [5.74, 6) is -0.490. The van der Waals surface area contributed by atoms with Crippen molar-refractivity contribution in [3.05, 3.63) is 65.2 Å². The Kier molecular flexibility index (Phi) is 5.11. The van der Waals surface area contributed by atoms with Gasteiger partial charge in [0, 0.05) is 19.3 Å². The van der Waals surface area contributed by atoms with E-state index in [1.807, 2.05) is 25.1 Å². The lowest BCUT2D eigenvalue weighted by atomic mass is 10.0. The van der Waals surface area contributed by atoms with E-state index in [0.717, 1.165) is 11.3 Å². The fourth-order valence-corrected chi connectivity index (χ4v) is 3.17. The predicted molar refractivity (Wildman–Crippen MR) is 92.4 cm³/mol. The molecule has 2 aromatic rings. The van der Waals surface area contributed by atoms with Gasteiger partial charge in [-0.1, -0.05) is 12.1 Å². The van der Waals surface area contributed by atoms with Crippen molar-refractivity contribution < 1.29 is 14.3 Å². The fraction of sp³-hybridized carbons (Fsp3) is 0.368. The third kappa shape index (κ3) is 4.03. The standard InChI is InChI=1S/C19H22FN3O2/c1-22(2)11-16-8-5-14(10-21-16)19(25)23-12-17(24)9-18(23)13-3-6-15(20)7-4-13/h3-8,10,17-18,24H,9,11-12H2,1-2H3/t17-,18+/m0/s1. The summed E-state index contributed by atoms with van der Waals surface area (Å²) in [6, 6.07) is 9.42. The minimum Gasteiger partial charge on any atom is -0.391 e. The summed E-state index contributed by atoms with van der Waals surface area (Å²) in [6.45, 7) is 0.968. The van der Waals surface area contributed by atoms with Crippen LogP contribution in [0.4, 0.5) is 4.39 Å². The number of carbonyl (C=O) groups is 1. The summed E-state index contributed by atoms with van der Waals surface area (Å²) >= 11 is 0. The molecule has 1 aromatic carbocycles. The average molecular weight is 343 g/mol. The van der Waals surface area contributed by atoms with E-state index in [-0.39, 0.29) is 24.3 Å². The number of hydrogen-bond acceptors (Lipinski definition) is 4. The van der Waals surface area contributed by atoms with Crippen LogP contribution in [0, 0.1) is 5.82 Å². The first-order valence-corrected chi connectivity index (χ1v) is 8.28. The molecule has 2 heterocycles. The largest absolute Gasteiger partial charge is 0.391 e. The minimum absolute atomic E-state index is 0.172. The van der Waals surface area contributed by atoms with Crippen LogP contribution >= 0.6 is 0 Å². The van der Waals surface area contributed by atoms with E-state index in [1.54, 1.807) is 29.3 Å². The molecule has 25 heavy (non-hydrogen) atoms. The van der Waals surface area contributed by atoms with Crippen LogP contribution in [0.15, 0.2) is 42.6 Å². The maximum atomic E-state index is 13.2. The van der Waals surface area contributed by atoms with E-state index in [9.17, 15) is 14.3 Å². The lowest BCUT2D eigenvalue weighted by Gasteiger charge is -2.25. The van der Waals surface area contributed by atoms with Crippen LogP contribution in [-0.2, 0) is 6.54 Å². The Hall–Kier alpha value is -2.31. The highest BCUT2D eigenvalue weighted by Gasteiger charge is 2.35. The molecule has 0 aliphatic carbocycles. The van der Waals surface area contributed by atoms with Gasteiger partial charge in [-0.25, -0.2) is 4.39 Å². The van der Waals surface area contributed by atoms with E-state index in [2.05, 4.69) is 4.98 Å². The Balaban J connectivity index is 1.80. The summed E-state index contributed by atoms with van der Waals surface area (Å²) in [5.41, 5.74) is 2.20. The molecule has 1 fully saturated rings. The molecule has 1 aromatic heterocycles. The van der Waals surface area contributed by atoms with E-state index in [0.29, 0.717) is 18.5 Å². The van der Waals surface area contributed by atoms with E-state index in [4.69, 9.17) is 0 Å². The SMILES string of the molecule is CN(C)Cc1ccc(C(=O)N2C[C@@H](O)C[C@@H]2c2ccc(F)cc2)cn1. The number of amides is 1. The third-order valence-electron chi connectivity index (χ3n) is 4.34. The number of aromatic nitrogens is 1. The van der Waals surface area contributed by atoms with Crippen LogP contribution in [0.25, 0.3) is 0 Å². The van der Waals surface area contributed by atoms with Gasteiger partial charge in [-0.15, -0.1) is 0 Å². The Morgan fingerprint density at radius 3 is 2.60 bits per heavy atom. The summed E-state index contributed by atoms with van der Waals surface area (Å²) in [4.78, 5) is 20.9. The van der Waals surface area contributed by atoms with Gasteiger partial charge < -0.3 is 14.9 Å². The number of rotatable bonds is 4. The molecular weight excluding hydrogens is 321 g/mol. The molecule has 5 nitrogen and oxygen atoms in total. The van der Waals surface area contributed by atoms with Crippen molar-refractivity contribution in [3.63, 3.8) is 0 Å². The van der Waals surface area contributed by atoms with Crippen molar-refractivity contribution >= 4 is 5.91 Å². The number of carbonyl (C=O) groups excluding carboxylic acids is 1. The average Bonchev–Trinajstić information content (AvgIpc) is 2.97.